The van der Waals surface area contributed by atoms with Crippen LogP contribution >= 0.6 is 23.1 Å². The number of fused-ring (bicyclic) bond motifs is 1. The monoisotopic (exact) mass is 376 g/mol. The van der Waals surface area contributed by atoms with Crippen LogP contribution in [-0.4, -0.2) is 15.7 Å². The Morgan fingerprint density at radius 1 is 0.962 bits per heavy atom. The lowest BCUT2D eigenvalue weighted by atomic mass is 10.1. The van der Waals surface area contributed by atoms with E-state index in [4.69, 9.17) is 0 Å². The van der Waals surface area contributed by atoms with E-state index in [1.54, 1.807) is 17.7 Å². The highest BCUT2D eigenvalue weighted by atomic mass is 32.2. The number of benzene rings is 2. The van der Waals surface area contributed by atoms with Gasteiger partial charge in [0.05, 0.1) is 5.39 Å². The molecule has 2 heterocycles. The third-order valence-electron chi connectivity index (χ3n) is 4.39. The van der Waals surface area contributed by atoms with Gasteiger partial charge in [-0.05, 0) is 36.6 Å². The van der Waals surface area contributed by atoms with E-state index >= 15 is 0 Å². The highest BCUT2D eigenvalue weighted by Gasteiger charge is 2.13. The molecule has 0 fully saturated rings. The molecule has 0 aliphatic heterocycles. The highest BCUT2D eigenvalue weighted by molar-refractivity contribution is 7.99. The van der Waals surface area contributed by atoms with Gasteiger partial charge in [-0.15, -0.1) is 23.1 Å². The molecular formula is C22H20N2S2. The number of thioether (sulfide) groups is 1. The summed E-state index contributed by atoms with van der Waals surface area (Å²) in [4.78, 5) is 10.1. The van der Waals surface area contributed by atoms with Crippen molar-refractivity contribution < 1.29 is 0 Å². The second-order valence-electron chi connectivity index (χ2n) is 6.31. The van der Waals surface area contributed by atoms with Crippen LogP contribution in [0.3, 0.4) is 0 Å². The SMILES string of the molecule is Cc1ccc(-c2csc3ncnc(SCCCc4ccccc4)c23)cc1. The summed E-state index contributed by atoms with van der Waals surface area (Å²) in [6.45, 7) is 2.12. The van der Waals surface area contributed by atoms with Crippen LogP contribution in [0.5, 0.6) is 0 Å². The van der Waals surface area contributed by atoms with Crippen LogP contribution in [-0.2, 0) is 6.42 Å². The molecule has 0 aliphatic rings. The summed E-state index contributed by atoms with van der Waals surface area (Å²) in [6, 6.07) is 19.4. The van der Waals surface area contributed by atoms with Crippen LogP contribution in [0, 0.1) is 6.92 Å². The molecule has 2 nitrogen and oxygen atoms in total. The number of thiophene rings is 1. The van der Waals surface area contributed by atoms with Gasteiger partial charge in [0.15, 0.2) is 0 Å². The Labute approximate surface area is 162 Å². The van der Waals surface area contributed by atoms with E-state index in [1.165, 1.54) is 27.6 Å². The Bertz CT molecular complexity index is 992. The van der Waals surface area contributed by atoms with Crippen molar-refractivity contribution in [1.82, 2.24) is 9.97 Å². The molecule has 4 rings (SSSR count). The van der Waals surface area contributed by atoms with Gasteiger partial charge in [-0.25, -0.2) is 9.97 Å². The van der Waals surface area contributed by atoms with Gasteiger partial charge in [0, 0.05) is 10.9 Å². The Hall–Kier alpha value is -2.17. The second-order valence-corrected chi connectivity index (χ2v) is 8.25. The van der Waals surface area contributed by atoms with Gasteiger partial charge in [-0.1, -0.05) is 60.2 Å². The van der Waals surface area contributed by atoms with Gasteiger partial charge in [0.2, 0.25) is 0 Å². The Kier molecular flexibility index (Phi) is 5.32. The summed E-state index contributed by atoms with van der Waals surface area (Å²) in [7, 11) is 0. The highest BCUT2D eigenvalue weighted by Crippen LogP contribution is 2.38. The minimum atomic E-state index is 1.06. The van der Waals surface area contributed by atoms with Crippen molar-refractivity contribution in [2.24, 2.45) is 0 Å². The van der Waals surface area contributed by atoms with Gasteiger partial charge in [0.25, 0.3) is 0 Å². The molecule has 0 N–H and O–H groups in total. The lowest BCUT2D eigenvalue weighted by molar-refractivity contribution is 0.931. The molecule has 0 radical (unpaired) electrons. The smallest absolute Gasteiger partial charge is 0.128 e. The fraction of sp³-hybridized carbons (Fsp3) is 0.182. The van der Waals surface area contributed by atoms with Crippen LogP contribution in [0.15, 0.2) is 71.3 Å². The third kappa shape index (κ3) is 3.81. The third-order valence-corrected chi connectivity index (χ3v) is 6.35. The van der Waals surface area contributed by atoms with Crippen LogP contribution < -0.4 is 0 Å². The Morgan fingerprint density at radius 3 is 2.58 bits per heavy atom. The molecule has 130 valence electrons. The van der Waals surface area contributed by atoms with E-state index in [0.717, 1.165) is 28.5 Å². The number of aryl methyl sites for hydroxylation is 2. The molecule has 0 bridgehead atoms. The van der Waals surface area contributed by atoms with Crippen molar-refractivity contribution in [2.75, 3.05) is 5.75 Å². The topological polar surface area (TPSA) is 25.8 Å². The summed E-state index contributed by atoms with van der Waals surface area (Å²) in [6.07, 6.45) is 3.94. The first kappa shape index (κ1) is 17.3. The first-order valence-corrected chi connectivity index (χ1v) is 10.6. The number of hydrogen-bond acceptors (Lipinski definition) is 4. The normalized spacial score (nSPS) is 11.1. The fourth-order valence-corrected chi connectivity index (χ4v) is 4.93. The number of hydrogen-bond donors (Lipinski definition) is 0. The quantitative estimate of drug-likeness (QED) is 0.221. The minimum Gasteiger partial charge on any atom is -0.229 e. The van der Waals surface area contributed by atoms with E-state index in [1.807, 2.05) is 11.8 Å². The zero-order valence-corrected chi connectivity index (χ0v) is 16.3. The minimum absolute atomic E-state index is 1.06. The van der Waals surface area contributed by atoms with E-state index < -0.39 is 0 Å². The molecule has 2 aromatic heterocycles. The van der Waals surface area contributed by atoms with Crippen molar-refractivity contribution in [3.8, 4) is 11.1 Å². The molecule has 4 heteroatoms. The summed E-state index contributed by atoms with van der Waals surface area (Å²) in [5, 5.41) is 4.50. The molecule has 26 heavy (non-hydrogen) atoms. The largest absolute Gasteiger partial charge is 0.229 e. The maximum Gasteiger partial charge on any atom is 0.128 e. The van der Waals surface area contributed by atoms with Crippen LogP contribution in [0.4, 0.5) is 0 Å². The zero-order chi connectivity index (χ0) is 17.8. The van der Waals surface area contributed by atoms with Crippen molar-refractivity contribution >= 4 is 33.3 Å². The lowest BCUT2D eigenvalue weighted by Gasteiger charge is -2.06. The van der Waals surface area contributed by atoms with Crippen molar-refractivity contribution in [2.45, 2.75) is 24.8 Å². The Morgan fingerprint density at radius 2 is 1.77 bits per heavy atom. The summed E-state index contributed by atoms with van der Waals surface area (Å²) < 4.78 is 0. The Balaban J connectivity index is 1.53. The summed E-state index contributed by atoms with van der Waals surface area (Å²) >= 11 is 3.54. The average molecular weight is 377 g/mol. The molecule has 0 amide bonds. The lowest BCUT2D eigenvalue weighted by Crippen LogP contribution is -1.90. The van der Waals surface area contributed by atoms with Gasteiger partial charge in [-0.3, -0.25) is 0 Å². The van der Waals surface area contributed by atoms with Crippen molar-refractivity contribution in [1.29, 1.82) is 0 Å². The predicted octanol–water partition coefficient (Wildman–Crippen LogP) is 6.39. The molecule has 0 saturated carbocycles. The maximum absolute atomic E-state index is 4.59. The predicted molar refractivity (Wildman–Crippen MR) is 113 cm³/mol. The molecule has 0 unspecified atom stereocenters. The zero-order valence-electron chi connectivity index (χ0n) is 14.7. The molecule has 0 saturated heterocycles. The summed E-state index contributed by atoms with van der Waals surface area (Å²) in [5.74, 6) is 1.06. The van der Waals surface area contributed by atoms with E-state index in [9.17, 15) is 0 Å². The van der Waals surface area contributed by atoms with Crippen molar-refractivity contribution in [3.63, 3.8) is 0 Å². The average Bonchev–Trinajstić information content (AvgIpc) is 3.12. The van der Waals surface area contributed by atoms with Gasteiger partial charge in [-0.2, -0.15) is 0 Å². The van der Waals surface area contributed by atoms with Gasteiger partial charge >= 0.3 is 0 Å². The van der Waals surface area contributed by atoms with Crippen LogP contribution in [0.2, 0.25) is 0 Å². The second kappa shape index (κ2) is 8.02. The van der Waals surface area contributed by atoms with Crippen LogP contribution in [0.1, 0.15) is 17.5 Å². The standard InChI is InChI=1S/C22H20N2S2/c1-16-9-11-18(12-10-16)19-14-26-22-20(19)21(23-15-24-22)25-13-5-8-17-6-3-2-4-7-17/h2-4,6-7,9-12,14-15H,5,8,13H2,1H3. The molecule has 4 aromatic rings. The number of nitrogens with zero attached hydrogens (tertiary/aromatic N) is 2. The summed E-state index contributed by atoms with van der Waals surface area (Å²) in [5.41, 5.74) is 5.16. The fourth-order valence-electron chi connectivity index (χ4n) is 2.99. The van der Waals surface area contributed by atoms with E-state index in [-0.39, 0.29) is 0 Å². The molecule has 0 spiro atoms. The van der Waals surface area contributed by atoms with Gasteiger partial charge < -0.3 is 0 Å². The first-order valence-electron chi connectivity index (χ1n) is 8.77. The molecule has 2 aromatic carbocycles. The first-order chi connectivity index (χ1) is 12.8. The van der Waals surface area contributed by atoms with E-state index in [2.05, 4.69) is 76.9 Å². The van der Waals surface area contributed by atoms with E-state index in [0.29, 0.717) is 0 Å². The number of aromatic nitrogens is 2. The molecule has 0 atom stereocenters. The molecular weight excluding hydrogens is 356 g/mol. The maximum atomic E-state index is 4.59. The number of rotatable bonds is 6. The molecule has 0 aliphatic carbocycles. The van der Waals surface area contributed by atoms with Crippen LogP contribution in [0.25, 0.3) is 21.3 Å². The van der Waals surface area contributed by atoms with Crippen molar-refractivity contribution in [3.05, 3.63) is 77.4 Å². The van der Waals surface area contributed by atoms with Gasteiger partial charge in [0.1, 0.15) is 16.2 Å².